The number of aliphatic hydroxyl groups is 1. The number of hydrogen-bond acceptors (Lipinski definition) is 3. The number of unbranched alkanes of at least 4 members (excludes halogenated alkanes) is 1. The highest BCUT2D eigenvalue weighted by Gasteiger charge is 2.20. The fraction of sp³-hybridized carbons (Fsp3) is 1.00. The number of piperidine rings is 1. The van der Waals surface area contributed by atoms with Crippen molar-refractivity contribution in [3.05, 3.63) is 0 Å². The Kier molecular flexibility index (Phi) is 7.09. The molecule has 0 amide bonds. The second-order valence-corrected chi connectivity index (χ2v) is 5.49. The van der Waals surface area contributed by atoms with Gasteiger partial charge in [-0.1, -0.05) is 6.92 Å². The summed E-state index contributed by atoms with van der Waals surface area (Å²) in [6, 6.07) is 0.782. The maximum absolute atomic E-state index is 9.20. The highest BCUT2D eigenvalue weighted by atomic mass is 16.3. The maximum Gasteiger partial charge on any atom is 0.0512 e. The number of rotatable bonds is 7. The molecular formula is C14H30N2O. The highest BCUT2D eigenvalue weighted by Crippen LogP contribution is 2.15. The van der Waals surface area contributed by atoms with Crippen LogP contribution in [0.2, 0.25) is 0 Å². The fourth-order valence-electron chi connectivity index (χ4n) is 2.66. The molecule has 1 aliphatic rings. The molecule has 1 atom stereocenters. The van der Waals surface area contributed by atoms with Gasteiger partial charge < -0.3 is 14.9 Å². The quantitative estimate of drug-likeness (QED) is 0.691. The van der Waals surface area contributed by atoms with Crippen molar-refractivity contribution in [3.8, 4) is 0 Å². The molecule has 1 saturated heterocycles. The second kappa shape index (κ2) is 8.06. The van der Waals surface area contributed by atoms with Crippen LogP contribution in [0, 0.1) is 0 Å². The summed E-state index contributed by atoms with van der Waals surface area (Å²) in [5.41, 5.74) is 0. The molecule has 3 nitrogen and oxygen atoms in total. The zero-order valence-electron chi connectivity index (χ0n) is 11.9. The van der Waals surface area contributed by atoms with E-state index in [2.05, 4.69) is 23.8 Å². The minimum Gasteiger partial charge on any atom is -0.393 e. The molecule has 0 saturated carbocycles. The summed E-state index contributed by atoms with van der Waals surface area (Å²) in [7, 11) is 2.26. The Bertz CT molecular complexity index is 189. The van der Waals surface area contributed by atoms with Gasteiger partial charge in [-0.2, -0.15) is 0 Å². The molecule has 1 aliphatic heterocycles. The van der Waals surface area contributed by atoms with Crippen LogP contribution in [0.25, 0.3) is 0 Å². The SMILES string of the molecule is CCN1CCC(N(C)CCCCC(C)O)CC1. The maximum atomic E-state index is 9.20. The van der Waals surface area contributed by atoms with E-state index in [1.807, 2.05) is 6.92 Å². The average molecular weight is 242 g/mol. The predicted molar refractivity (Wildman–Crippen MR) is 73.3 cm³/mol. The Hall–Kier alpha value is -0.120. The highest BCUT2D eigenvalue weighted by molar-refractivity contribution is 4.77. The Morgan fingerprint density at radius 3 is 2.47 bits per heavy atom. The summed E-state index contributed by atoms with van der Waals surface area (Å²) in [5, 5.41) is 9.20. The van der Waals surface area contributed by atoms with Gasteiger partial charge in [0.25, 0.3) is 0 Å². The van der Waals surface area contributed by atoms with Gasteiger partial charge in [-0.25, -0.2) is 0 Å². The summed E-state index contributed by atoms with van der Waals surface area (Å²) < 4.78 is 0. The minimum atomic E-state index is -0.131. The number of likely N-dealkylation sites (tertiary alicyclic amines) is 1. The van der Waals surface area contributed by atoms with Crippen molar-refractivity contribution in [2.24, 2.45) is 0 Å². The van der Waals surface area contributed by atoms with Crippen molar-refractivity contribution < 1.29 is 5.11 Å². The Morgan fingerprint density at radius 1 is 1.29 bits per heavy atom. The summed E-state index contributed by atoms with van der Waals surface area (Å²) >= 11 is 0. The third-order valence-corrected chi connectivity index (χ3v) is 4.01. The lowest BCUT2D eigenvalue weighted by molar-refractivity contribution is 0.127. The Balaban J connectivity index is 2.09. The van der Waals surface area contributed by atoms with Crippen LogP contribution in [-0.2, 0) is 0 Å². The lowest BCUT2D eigenvalue weighted by Gasteiger charge is -2.36. The molecule has 0 radical (unpaired) electrons. The first-order valence-corrected chi connectivity index (χ1v) is 7.24. The molecule has 0 spiro atoms. The Labute approximate surface area is 107 Å². The number of aliphatic hydroxyl groups excluding tert-OH is 1. The van der Waals surface area contributed by atoms with Crippen LogP contribution >= 0.6 is 0 Å². The molecule has 3 heteroatoms. The fourth-order valence-corrected chi connectivity index (χ4v) is 2.66. The standard InChI is InChI=1S/C14H30N2O/c1-4-16-11-8-14(9-12-16)15(3)10-6-5-7-13(2)17/h13-14,17H,4-12H2,1-3H3. The van der Waals surface area contributed by atoms with Crippen LogP contribution in [-0.4, -0.2) is 60.3 Å². The molecular weight excluding hydrogens is 212 g/mol. The Morgan fingerprint density at radius 2 is 1.94 bits per heavy atom. The van der Waals surface area contributed by atoms with Gasteiger partial charge >= 0.3 is 0 Å². The van der Waals surface area contributed by atoms with Gasteiger partial charge in [0.05, 0.1) is 6.10 Å². The zero-order chi connectivity index (χ0) is 12.7. The lowest BCUT2D eigenvalue weighted by atomic mass is 10.0. The molecule has 0 bridgehead atoms. The first-order valence-electron chi connectivity index (χ1n) is 7.24. The van der Waals surface area contributed by atoms with Crippen LogP contribution in [0.3, 0.4) is 0 Å². The second-order valence-electron chi connectivity index (χ2n) is 5.49. The number of nitrogens with zero attached hydrogens (tertiary/aromatic N) is 2. The molecule has 1 fully saturated rings. The van der Waals surface area contributed by atoms with Gasteiger partial charge in [-0.05, 0) is 72.3 Å². The first kappa shape index (κ1) is 14.9. The van der Waals surface area contributed by atoms with E-state index in [0.29, 0.717) is 0 Å². The van der Waals surface area contributed by atoms with Gasteiger partial charge in [0.2, 0.25) is 0 Å². The molecule has 0 aromatic heterocycles. The monoisotopic (exact) mass is 242 g/mol. The van der Waals surface area contributed by atoms with E-state index < -0.39 is 0 Å². The molecule has 1 heterocycles. The van der Waals surface area contributed by atoms with Gasteiger partial charge in [0.15, 0.2) is 0 Å². The van der Waals surface area contributed by atoms with Crippen molar-refractivity contribution in [2.45, 2.75) is 58.1 Å². The van der Waals surface area contributed by atoms with Crippen LogP contribution in [0.15, 0.2) is 0 Å². The van der Waals surface area contributed by atoms with Crippen molar-refractivity contribution in [2.75, 3.05) is 33.2 Å². The topological polar surface area (TPSA) is 26.7 Å². The van der Waals surface area contributed by atoms with Crippen LogP contribution < -0.4 is 0 Å². The molecule has 0 aliphatic carbocycles. The molecule has 17 heavy (non-hydrogen) atoms. The van der Waals surface area contributed by atoms with E-state index in [1.165, 1.54) is 45.4 Å². The van der Waals surface area contributed by atoms with Gasteiger partial charge in [-0.15, -0.1) is 0 Å². The number of hydrogen-bond donors (Lipinski definition) is 1. The zero-order valence-corrected chi connectivity index (χ0v) is 11.9. The predicted octanol–water partition coefficient (Wildman–Crippen LogP) is 1.95. The molecule has 102 valence electrons. The van der Waals surface area contributed by atoms with E-state index in [9.17, 15) is 5.11 Å². The van der Waals surface area contributed by atoms with E-state index in [4.69, 9.17) is 0 Å². The van der Waals surface area contributed by atoms with Crippen LogP contribution in [0.4, 0.5) is 0 Å². The van der Waals surface area contributed by atoms with Crippen molar-refractivity contribution in [1.29, 1.82) is 0 Å². The molecule has 0 aromatic rings. The summed E-state index contributed by atoms with van der Waals surface area (Å²) in [6.45, 7) is 9.04. The smallest absolute Gasteiger partial charge is 0.0512 e. The summed E-state index contributed by atoms with van der Waals surface area (Å²) in [5.74, 6) is 0. The minimum absolute atomic E-state index is 0.131. The molecule has 1 rings (SSSR count). The molecule has 1 unspecified atom stereocenters. The van der Waals surface area contributed by atoms with E-state index in [0.717, 1.165) is 18.9 Å². The van der Waals surface area contributed by atoms with E-state index in [1.54, 1.807) is 0 Å². The third-order valence-electron chi connectivity index (χ3n) is 4.01. The van der Waals surface area contributed by atoms with Crippen molar-refractivity contribution in [3.63, 3.8) is 0 Å². The largest absolute Gasteiger partial charge is 0.393 e. The van der Waals surface area contributed by atoms with Crippen molar-refractivity contribution >= 4 is 0 Å². The van der Waals surface area contributed by atoms with Crippen LogP contribution in [0.5, 0.6) is 0 Å². The average Bonchev–Trinajstić information content (AvgIpc) is 2.34. The van der Waals surface area contributed by atoms with Gasteiger partial charge in [-0.3, -0.25) is 0 Å². The van der Waals surface area contributed by atoms with Gasteiger partial charge in [0, 0.05) is 6.04 Å². The molecule has 0 aromatic carbocycles. The normalized spacial score (nSPS) is 21.0. The molecule has 1 N–H and O–H groups in total. The van der Waals surface area contributed by atoms with Crippen molar-refractivity contribution in [1.82, 2.24) is 9.80 Å². The van der Waals surface area contributed by atoms with Gasteiger partial charge in [0.1, 0.15) is 0 Å². The lowest BCUT2D eigenvalue weighted by Crippen LogP contribution is -2.43. The van der Waals surface area contributed by atoms with E-state index >= 15 is 0 Å². The van der Waals surface area contributed by atoms with Crippen LogP contribution in [0.1, 0.15) is 46.0 Å². The first-order chi connectivity index (χ1) is 8.13. The third kappa shape index (κ3) is 5.84. The summed E-state index contributed by atoms with van der Waals surface area (Å²) in [4.78, 5) is 5.06. The summed E-state index contributed by atoms with van der Waals surface area (Å²) in [6.07, 6.45) is 5.82. The van der Waals surface area contributed by atoms with E-state index in [-0.39, 0.29) is 6.10 Å².